The molecule has 412 valence electrons. The van der Waals surface area contributed by atoms with Crippen LogP contribution in [-0.2, 0) is 42.8 Å². The second-order valence-corrected chi connectivity index (χ2v) is 21.6. The van der Waals surface area contributed by atoms with Crippen LogP contribution in [0.3, 0.4) is 0 Å². The summed E-state index contributed by atoms with van der Waals surface area (Å²) in [5, 5.41) is 9.76. The third kappa shape index (κ3) is 20.1. The molecule has 4 aromatic rings. The van der Waals surface area contributed by atoms with Gasteiger partial charge in [-0.15, -0.1) is 0 Å². The Kier molecular flexibility index (Phi) is 23.0. The predicted octanol–water partition coefficient (Wildman–Crippen LogP) is 13.3. The molecule has 1 fully saturated rings. The topological polar surface area (TPSA) is 202 Å². The van der Waals surface area contributed by atoms with E-state index in [1.807, 2.05) is 79.7 Å². The van der Waals surface area contributed by atoms with Gasteiger partial charge in [0.25, 0.3) is 0 Å². The van der Waals surface area contributed by atoms with E-state index in [4.69, 9.17) is 33.4 Å². The molecular formula is C60H82N6O10. The minimum absolute atomic E-state index is 0.156. The number of carbonyl (C=O) groups excluding carboxylic acids is 4. The fraction of sp³-hybridized carbons (Fsp3) is 0.517. The zero-order valence-electron chi connectivity index (χ0n) is 47.0. The quantitative estimate of drug-likeness (QED) is 0.00846. The fourth-order valence-corrected chi connectivity index (χ4v) is 8.67. The SMILES string of the molecule is CCCCCOC(=O)c1ccc(Nc2nc(Nc3ccc(C=C(C(=O)OC(C)CC(C)C)C(=O)OC(C)CC(C)C)cc3)nc(Nc3ccc(/C=C(\C(=O)OC(C)CC(C)C)C4(OC(C)CC(C)C)CO4)cc3)n2)cc1. The molecule has 0 aliphatic carbocycles. The number of hydrogen-bond acceptors (Lipinski definition) is 16. The van der Waals surface area contributed by atoms with Crippen LogP contribution in [0, 0.1) is 23.7 Å². The maximum Gasteiger partial charge on any atom is 0.345 e. The molecule has 0 radical (unpaired) electrons. The first kappa shape index (κ1) is 60.2. The van der Waals surface area contributed by atoms with Gasteiger partial charge < -0.3 is 44.4 Å². The van der Waals surface area contributed by atoms with Crippen LogP contribution in [0.15, 0.2) is 83.9 Å². The Morgan fingerprint density at radius 1 is 0.539 bits per heavy atom. The number of hydrogen-bond donors (Lipinski definition) is 3. The van der Waals surface area contributed by atoms with Crippen molar-refractivity contribution in [2.75, 3.05) is 29.2 Å². The smallest absolute Gasteiger partial charge is 0.345 e. The molecule has 0 spiro atoms. The van der Waals surface area contributed by atoms with Gasteiger partial charge in [-0.2, -0.15) is 15.0 Å². The maximum absolute atomic E-state index is 13.8. The van der Waals surface area contributed by atoms with Crippen molar-refractivity contribution in [2.45, 2.75) is 165 Å². The molecule has 0 saturated carbocycles. The number of carbonyl (C=O) groups is 4. The first-order valence-electron chi connectivity index (χ1n) is 27.0. The van der Waals surface area contributed by atoms with E-state index in [1.165, 1.54) is 6.08 Å². The third-order valence-electron chi connectivity index (χ3n) is 12.0. The second-order valence-electron chi connectivity index (χ2n) is 21.6. The van der Waals surface area contributed by atoms with Crippen LogP contribution in [0.5, 0.6) is 0 Å². The Labute approximate surface area is 450 Å². The number of benzene rings is 3. The van der Waals surface area contributed by atoms with Crippen molar-refractivity contribution in [3.63, 3.8) is 0 Å². The molecule has 76 heavy (non-hydrogen) atoms. The van der Waals surface area contributed by atoms with Gasteiger partial charge in [0.2, 0.25) is 23.6 Å². The Morgan fingerprint density at radius 2 is 0.921 bits per heavy atom. The van der Waals surface area contributed by atoms with Gasteiger partial charge in [0.1, 0.15) is 12.2 Å². The normalized spacial score (nSPS) is 15.9. The van der Waals surface area contributed by atoms with Crippen molar-refractivity contribution in [3.8, 4) is 0 Å². The molecule has 1 saturated heterocycles. The highest BCUT2D eigenvalue weighted by atomic mass is 16.8. The molecule has 3 aromatic carbocycles. The molecule has 2 heterocycles. The first-order valence-corrected chi connectivity index (χ1v) is 27.0. The van der Waals surface area contributed by atoms with E-state index >= 15 is 0 Å². The number of anilines is 6. The average Bonchev–Trinajstić information content (AvgIpc) is 4.10. The van der Waals surface area contributed by atoms with Gasteiger partial charge in [-0.3, -0.25) is 0 Å². The van der Waals surface area contributed by atoms with Crippen LogP contribution in [0.1, 0.15) is 156 Å². The highest BCUT2D eigenvalue weighted by molar-refractivity contribution is 6.17. The minimum atomic E-state index is -1.20. The lowest BCUT2D eigenvalue weighted by Crippen LogP contribution is -2.32. The number of aromatic nitrogens is 3. The van der Waals surface area contributed by atoms with E-state index in [1.54, 1.807) is 54.6 Å². The second kappa shape index (κ2) is 29.0. The van der Waals surface area contributed by atoms with Gasteiger partial charge in [0, 0.05) is 17.1 Å². The van der Waals surface area contributed by atoms with Crippen LogP contribution in [0.2, 0.25) is 0 Å². The lowest BCUT2D eigenvalue weighted by atomic mass is 10.0. The van der Waals surface area contributed by atoms with Crippen molar-refractivity contribution in [1.29, 1.82) is 0 Å². The summed E-state index contributed by atoms with van der Waals surface area (Å²) in [5.41, 5.74) is 3.63. The van der Waals surface area contributed by atoms with Gasteiger partial charge >= 0.3 is 23.9 Å². The number of rotatable bonds is 30. The summed E-state index contributed by atoms with van der Waals surface area (Å²) in [7, 11) is 0. The number of ether oxygens (including phenoxy) is 6. The highest BCUT2D eigenvalue weighted by Gasteiger charge is 2.54. The minimum Gasteiger partial charge on any atom is -0.462 e. The van der Waals surface area contributed by atoms with Gasteiger partial charge in [-0.1, -0.05) is 99.4 Å². The van der Waals surface area contributed by atoms with Crippen molar-refractivity contribution in [2.24, 2.45) is 23.7 Å². The molecule has 1 aliphatic heterocycles. The molecule has 5 atom stereocenters. The summed E-state index contributed by atoms with van der Waals surface area (Å²) >= 11 is 0. The summed E-state index contributed by atoms with van der Waals surface area (Å²) in [6, 6.07) is 21.2. The molecule has 0 bridgehead atoms. The summed E-state index contributed by atoms with van der Waals surface area (Å²) in [6.45, 7) is 26.8. The van der Waals surface area contributed by atoms with Crippen LogP contribution < -0.4 is 16.0 Å². The number of esters is 4. The summed E-state index contributed by atoms with van der Waals surface area (Å²) in [5.74, 6) is -1.72. The van der Waals surface area contributed by atoms with Gasteiger partial charge in [0.15, 0.2) is 0 Å². The number of nitrogens with one attached hydrogen (secondary N) is 3. The summed E-state index contributed by atoms with van der Waals surface area (Å²) in [6.07, 6.45) is 7.57. The van der Waals surface area contributed by atoms with E-state index in [2.05, 4.69) is 60.5 Å². The molecule has 5 unspecified atom stereocenters. The Balaban J connectivity index is 1.43. The molecular weight excluding hydrogens is 965 g/mol. The van der Waals surface area contributed by atoms with Crippen molar-refractivity contribution < 1.29 is 47.6 Å². The molecule has 5 rings (SSSR count). The number of unbranched alkanes of at least 4 members (excludes halogenated alkanes) is 2. The first-order chi connectivity index (χ1) is 36.1. The van der Waals surface area contributed by atoms with Gasteiger partial charge in [-0.05, 0) is 155 Å². The molecule has 0 amide bonds. The highest BCUT2D eigenvalue weighted by Crippen LogP contribution is 2.41. The van der Waals surface area contributed by atoms with Crippen molar-refractivity contribution >= 4 is 70.9 Å². The number of epoxide rings is 1. The molecule has 1 aliphatic rings. The standard InChI is InChI=1S/C60H82N6O10/c1-14-15-16-29-71-53(67)47-21-27-50(28-22-47)63-59-65-57(61-48-23-17-45(18-24-48)34-51(54(68)73-41(10)30-37(2)3)55(69)74-42(11)31-38(4)5)64-58(66-59)62-49-25-19-46(20-26-49)35-52(56(70)75-43(12)32-39(6)7)60(36-72-60)76-44(13)33-40(8)9/h17-28,34-35,37-44H,14-16,29-33,36H2,1-13H3,(H3,61,62,63,64,65,66)/b51-34?,52-35+. The van der Waals surface area contributed by atoms with Crippen molar-refractivity contribution in [1.82, 2.24) is 15.0 Å². The van der Waals surface area contributed by atoms with Gasteiger partial charge in [0.05, 0.1) is 42.2 Å². The molecule has 16 nitrogen and oxygen atoms in total. The van der Waals surface area contributed by atoms with E-state index in [-0.39, 0.29) is 54.1 Å². The third-order valence-corrected chi connectivity index (χ3v) is 12.0. The van der Waals surface area contributed by atoms with E-state index < -0.39 is 41.9 Å². The Hall–Kier alpha value is -6.65. The van der Waals surface area contributed by atoms with Crippen LogP contribution >= 0.6 is 0 Å². The number of nitrogens with zero attached hydrogens (tertiary/aromatic N) is 3. The maximum atomic E-state index is 13.8. The molecule has 1 aromatic heterocycles. The van der Waals surface area contributed by atoms with E-state index in [0.29, 0.717) is 71.5 Å². The van der Waals surface area contributed by atoms with Crippen molar-refractivity contribution in [3.05, 3.63) is 101 Å². The Morgan fingerprint density at radius 3 is 1.32 bits per heavy atom. The Bertz CT molecular complexity index is 2540. The zero-order chi connectivity index (χ0) is 55.5. The largest absolute Gasteiger partial charge is 0.462 e. The lowest BCUT2D eigenvalue weighted by Gasteiger charge is -2.23. The predicted molar refractivity (Wildman–Crippen MR) is 298 cm³/mol. The van der Waals surface area contributed by atoms with E-state index in [0.717, 1.165) is 31.2 Å². The average molecular weight is 1050 g/mol. The molecule has 3 N–H and O–H groups in total. The van der Waals surface area contributed by atoms with E-state index in [9.17, 15) is 19.2 Å². The monoisotopic (exact) mass is 1050 g/mol. The lowest BCUT2D eigenvalue weighted by molar-refractivity contribution is -0.153. The van der Waals surface area contributed by atoms with Crippen LogP contribution in [0.25, 0.3) is 12.2 Å². The van der Waals surface area contributed by atoms with Gasteiger partial charge in [-0.25, -0.2) is 19.2 Å². The summed E-state index contributed by atoms with van der Waals surface area (Å²) in [4.78, 5) is 67.6. The van der Waals surface area contributed by atoms with Crippen LogP contribution in [0.4, 0.5) is 34.9 Å². The zero-order valence-corrected chi connectivity index (χ0v) is 47.0. The molecule has 16 heteroatoms. The van der Waals surface area contributed by atoms with Crippen LogP contribution in [-0.4, -0.2) is 82.2 Å². The summed E-state index contributed by atoms with van der Waals surface area (Å²) < 4.78 is 35.1. The fourth-order valence-electron chi connectivity index (χ4n) is 8.67.